The molecule has 0 radical (unpaired) electrons. The second-order valence-corrected chi connectivity index (χ2v) is 12.0. The van der Waals surface area contributed by atoms with Crippen molar-refractivity contribution in [3.05, 3.63) is 138 Å². The van der Waals surface area contributed by atoms with Gasteiger partial charge in [-0.25, -0.2) is 0 Å². The molecule has 0 saturated heterocycles. The second kappa shape index (κ2) is 15.6. The van der Waals surface area contributed by atoms with Gasteiger partial charge in [-0.1, -0.05) is 48.0 Å². The van der Waals surface area contributed by atoms with Crippen LogP contribution in [0.3, 0.4) is 0 Å². The van der Waals surface area contributed by atoms with E-state index in [9.17, 15) is 14.4 Å². The van der Waals surface area contributed by atoms with Crippen molar-refractivity contribution >= 4 is 46.9 Å². The minimum atomic E-state index is -0.522. The van der Waals surface area contributed by atoms with Gasteiger partial charge in [-0.2, -0.15) is 0 Å². The van der Waals surface area contributed by atoms with Crippen molar-refractivity contribution in [2.45, 2.75) is 30.9 Å². The molecule has 47 heavy (non-hydrogen) atoms. The summed E-state index contributed by atoms with van der Waals surface area (Å²) in [6.07, 6.45) is 1.50. The van der Waals surface area contributed by atoms with E-state index in [1.54, 1.807) is 54.6 Å². The molecule has 1 heterocycles. The first-order valence-corrected chi connectivity index (χ1v) is 16.0. The first-order chi connectivity index (χ1) is 22.8. The molecule has 0 bridgehead atoms. The molecule has 9 heteroatoms. The molecule has 0 unspecified atom stereocenters. The van der Waals surface area contributed by atoms with Crippen LogP contribution in [0.4, 0.5) is 11.4 Å². The molecular weight excluding hydrogens is 611 g/mol. The summed E-state index contributed by atoms with van der Waals surface area (Å²) < 4.78 is 11.5. The third kappa shape index (κ3) is 9.24. The van der Waals surface area contributed by atoms with Crippen molar-refractivity contribution in [3.8, 4) is 17.1 Å². The summed E-state index contributed by atoms with van der Waals surface area (Å²) in [7, 11) is 0. The summed E-state index contributed by atoms with van der Waals surface area (Å²) in [5.74, 6) is 0.704. The number of aryl methyl sites for hydroxylation is 1. The summed E-state index contributed by atoms with van der Waals surface area (Å²) in [4.78, 5) is 40.1. The third-order valence-corrected chi connectivity index (χ3v) is 8.12. The van der Waals surface area contributed by atoms with Gasteiger partial charge in [0.25, 0.3) is 11.8 Å². The van der Waals surface area contributed by atoms with E-state index in [-0.39, 0.29) is 16.9 Å². The number of ether oxygens (including phenoxy) is 1. The largest absolute Gasteiger partial charge is 0.494 e. The zero-order valence-corrected chi connectivity index (χ0v) is 27.1. The number of anilines is 2. The maximum absolute atomic E-state index is 13.5. The van der Waals surface area contributed by atoms with Gasteiger partial charge in [-0.15, -0.1) is 11.8 Å². The maximum Gasteiger partial charge on any atom is 0.272 e. The summed E-state index contributed by atoms with van der Waals surface area (Å²) in [6.45, 7) is 6.33. The first kappa shape index (κ1) is 32.8. The Morgan fingerprint density at radius 3 is 2.15 bits per heavy atom. The van der Waals surface area contributed by atoms with E-state index in [1.165, 1.54) is 17.8 Å². The standard InChI is InChI=1S/C38H35N3O5S/c1-4-45-31-18-14-29(15-19-31)39-36(42)26(3)47-33-21-16-30(17-22-33)40-38(44)34(41-37(43)28-8-6-5-7-9-28)24-32-20-23-35(46-32)27-12-10-25(2)11-13-27/h5-24,26H,4H2,1-3H3,(H,39,42)(H,40,44)(H,41,43)/b34-24-/t26-/m0/s1. The van der Waals surface area contributed by atoms with E-state index >= 15 is 0 Å². The van der Waals surface area contributed by atoms with Crippen molar-refractivity contribution in [2.24, 2.45) is 0 Å². The fourth-order valence-corrected chi connectivity index (χ4v) is 5.37. The average Bonchev–Trinajstić information content (AvgIpc) is 3.55. The monoisotopic (exact) mass is 645 g/mol. The van der Waals surface area contributed by atoms with Gasteiger partial charge in [0, 0.05) is 33.5 Å². The Morgan fingerprint density at radius 2 is 1.47 bits per heavy atom. The van der Waals surface area contributed by atoms with Crippen LogP contribution in [0.1, 0.15) is 35.5 Å². The number of furan rings is 1. The summed E-state index contributed by atoms with van der Waals surface area (Å²) in [5.41, 5.74) is 3.67. The third-order valence-electron chi connectivity index (χ3n) is 7.01. The highest BCUT2D eigenvalue weighted by atomic mass is 32.2. The highest BCUT2D eigenvalue weighted by molar-refractivity contribution is 8.00. The van der Waals surface area contributed by atoms with Crippen molar-refractivity contribution in [1.82, 2.24) is 5.32 Å². The van der Waals surface area contributed by atoms with E-state index in [0.29, 0.717) is 35.1 Å². The second-order valence-electron chi connectivity index (χ2n) is 10.6. The lowest BCUT2D eigenvalue weighted by molar-refractivity contribution is -0.115. The molecule has 0 aliphatic rings. The Labute approximate surface area is 278 Å². The van der Waals surface area contributed by atoms with Gasteiger partial charge in [0.05, 0.1) is 11.9 Å². The molecule has 0 aliphatic carbocycles. The van der Waals surface area contributed by atoms with Crippen molar-refractivity contribution in [2.75, 3.05) is 17.2 Å². The normalized spacial score (nSPS) is 11.8. The lowest BCUT2D eigenvalue weighted by Gasteiger charge is -2.14. The van der Waals surface area contributed by atoms with Gasteiger partial charge in [0.1, 0.15) is 23.0 Å². The number of hydrogen-bond acceptors (Lipinski definition) is 6. The van der Waals surface area contributed by atoms with E-state index in [2.05, 4.69) is 16.0 Å². The number of nitrogens with one attached hydrogen (secondary N) is 3. The minimum Gasteiger partial charge on any atom is -0.494 e. The molecule has 4 aromatic carbocycles. The van der Waals surface area contributed by atoms with Crippen LogP contribution in [0.2, 0.25) is 0 Å². The zero-order chi connectivity index (χ0) is 33.2. The van der Waals surface area contributed by atoms with Gasteiger partial charge in [0.2, 0.25) is 5.91 Å². The van der Waals surface area contributed by atoms with Crippen LogP contribution in [0.25, 0.3) is 17.4 Å². The van der Waals surface area contributed by atoms with E-state index < -0.39 is 11.8 Å². The molecule has 8 nitrogen and oxygen atoms in total. The fourth-order valence-electron chi connectivity index (χ4n) is 4.51. The topological polar surface area (TPSA) is 110 Å². The molecule has 1 aromatic heterocycles. The van der Waals surface area contributed by atoms with Crippen molar-refractivity contribution in [1.29, 1.82) is 0 Å². The fraction of sp³-hybridized carbons (Fsp3) is 0.132. The van der Waals surface area contributed by atoms with Crippen molar-refractivity contribution in [3.63, 3.8) is 0 Å². The number of carbonyl (C=O) groups is 3. The van der Waals surface area contributed by atoms with Gasteiger partial charge < -0.3 is 25.1 Å². The smallest absolute Gasteiger partial charge is 0.272 e. The number of hydrogen-bond donors (Lipinski definition) is 3. The van der Waals surface area contributed by atoms with Gasteiger partial charge in [-0.05, 0) is 93.6 Å². The van der Waals surface area contributed by atoms with Gasteiger partial charge >= 0.3 is 0 Å². The number of amides is 3. The van der Waals surface area contributed by atoms with Crippen LogP contribution in [0.15, 0.2) is 130 Å². The average molecular weight is 646 g/mol. The highest BCUT2D eigenvalue weighted by Crippen LogP contribution is 2.27. The van der Waals surface area contributed by atoms with E-state index in [0.717, 1.165) is 21.8 Å². The SMILES string of the molecule is CCOc1ccc(NC(=O)[C@H](C)Sc2ccc(NC(=O)/C(=C/c3ccc(-c4ccc(C)cc4)o3)NC(=O)c3ccccc3)cc2)cc1. The molecule has 0 fully saturated rings. The maximum atomic E-state index is 13.5. The van der Waals surface area contributed by atoms with Gasteiger partial charge in [-0.3, -0.25) is 14.4 Å². The predicted molar refractivity (Wildman–Crippen MR) is 187 cm³/mol. The van der Waals surface area contributed by atoms with Crippen LogP contribution in [0.5, 0.6) is 5.75 Å². The Bertz CT molecular complexity index is 1850. The predicted octanol–water partition coefficient (Wildman–Crippen LogP) is 8.18. The van der Waals surface area contributed by atoms with Crippen LogP contribution in [-0.4, -0.2) is 29.6 Å². The minimum absolute atomic E-state index is 0.0155. The Morgan fingerprint density at radius 1 is 0.809 bits per heavy atom. The zero-order valence-electron chi connectivity index (χ0n) is 26.3. The number of carbonyl (C=O) groups excluding carboxylic acids is 3. The van der Waals surface area contributed by atoms with Crippen LogP contribution < -0.4 is 20.7 Å². The number of benzene rings is 4. The summed E-state index contributed by atoms with van der Waals surface area (Å²) >= 11 is 1.39. The number of thioether (sulfide) groups is 1. The molecule has 5 aromatic rings. The van der Waals surface area contributed by atoms with E-state index in [1.807, 2.05) is 81.4 Å². The lowest BCUT2D eigenvalue weighted by atomic mass is 10.1. The molecule has 0 spiro atoms. The Hall–Kier alpha value is -5.54. The molecule has 3 amide bonds. The molecule has 1 atom stereocenters. The Kier molecular flexibility index (Phi) is 10.9. The highest BCUT2D eigenvalue weighted by Gasteiger charge is 2.18. The van der Waals surface area contributed by atoms with Crippen LogP contribution >= 0.6 is 11.8 Å². The molecule has 3 N–H and O–H groups in total. The number of rotatable bonds is 12. The van der Waals surface area contributed by atoms with Gasteiger partial charge in [0.15, 0.2) is 0 Å². The molecule has 0 saturated carbocycles. The molecular formula is C38H35N3O5S. The summed E-state index contributed by atoms with van der Waals surface area (Å²) in [5, 5.41) is 8.13. The lowest BCUT2D eigenvalue weighted by Crippen LogP contribution is -2.30. The van der Waals surface area contributed by atoms with E-state index in [4.69, 9.17) is 9.15 Å². The van der Waals surface area contributed by atoms with Crippen molar-refractivity contribution < 1.29 is 23.5 Å². The first-order valence-electron chi connectivity index (χ1n) is 15.1. The van der Waals surface area contributed by atoms with Crippen LogP contribution in [-0.2, 0) is 9.59 Å². The Balaban J connectivity index is 1.25. The molecule has 5 rings (SSSR count). The molecule has 0 aliphatic heterocycles. The summed E-state index contributed by atoms with van der Waals surface area (Å²) in [6, 6.07) is 34.5. The quantitative estimate of drug-likeness (QED) is 0.0933. The van der Waals surface area contributed by atoms with Crippen LogP contribution in [0, 0.1) is 6.92 Å². The molecule has 238 valence electrons.